The quantitative estimate of drug-likeness (QED) is 0.700. The number of ketones is 2. The van der Waals surface area contributed by atoms with E-state index in [-0.39, 0.29) is 29.7 Å². The number of nitrogens with zero attached hydrogens (tertiary/aromatic N) is 2. The van der Waals surface area contributed by atoms with E-state index in [1.165, 1.54) is 6.07 Å². The first-order valence-corrected chi connectivity index (χ1v) is 8.36. The highest BCUT2D eigenvalue weighted by atomic mass is 19.4. The van der Waals surface area contributed by atoms with Gasteiger partial charge in [-0.05, 0) is 24.6 Å². The third-order valence-electron chi connectivity index (χ3n) is 4.51. The number of nitriles is 1. The maximum Gasteiger partial charge on any atom is 0.419 e. The van der Waals surface area contributed by atoms with Crippen molar-refractivity contribution < 1.29 is 31.5 Å². The Kier molecular flexibility index (Phi) is 5.05. The van der Waals surface area contributed by atoms with Gasteiger partial charge >= 0.3 is 6.18 Å². The molecule has 3 rings (SSSR count). The molecule has 0 atom stereocenters. The summed E-state index contributed by atoms with van der Waals surface area (Å²) in [5.41, 5.74) is -3.31. The minimum absolute atomic E-state index is 0.00675. The van der Waals surface area contributed by atoms with E-state index < -0.39 is 51.8 Å². The van der Waals surface area contributed by atoms with Crippen LogP contribution in [0.5, 0.6) is 0 Å². The number of hydrogen-bond acceptors (Lipinski definition) is 4. The van der Waals surface area contributed by atoms with E-state index >= 15 is 0 Å². The fourth-order valence-electron chi connectivity index (χ4n) is 3.23. The number of benzene rings is 1. The number of pyridine rings is 1. The van der Waals surface area contributed by atoms with E-state index in [9.17, 15) is 31.5 Å². The van der Waals surface area contributed by atoms with E-state index in [2.05, 4.69) is 4.98 Å². The van der Waals surface area contributed by atoms with Gasteiger partial charge in [0.05, 0.1) is 11.1 Å². The lowest BCUT2D eigenvalue weighted by atomic mass is 9.81. The fourth-order valence-corrected chi connectivity index (χ4v) is 3.23. The van der Waals surface area contributed by atoms with Crippen molar-refractivity contribution >= 4 is 11.6 Å². The summed E-state index contributed by atoms with van der Waals surface area (Å²) in [7, 11) is 0. The van der Waals surface area contributed by atoms with Crippen LogP contribution in [0.4, 0.5) is 22.0 Å². The molecule has 1 aliphatic carbocycles. The monoisotopic (exact) mass is 406 g/mol. The molecular weight excluding hydrogens is 395 g/mol. The van der Waals surface area contributed by atoms with Gasteiger partial charge in [-0.25, -0.2) is 13.8 Å². The van der Waals surface area contributed by atoms with Gasteiger partial charge < -0.3 is 0 Å². The number of carbonyl (C=O) groups excluding carboxylic acids is 2. The average Bonchev–Trinajstić information content (AvgIpc) is 2.64. The van der Waals surface area contributed by atoms with E-state index in [1.54, 1.807) is 6.92 Å². The molecular formula is C20H11F5N2O2. The number of Topliss-reactive ketones (excluding diaryl/α,β-unsaturated/α-hetero) is 2. The Morgan fingerprint density at radius 1 is 1.07 bits per heavy atom. The predicted molar refractivity (Wildman–Crippen MR) is 90.0 cm³/mol. The van der Waals surface area contributed by atoms with Gasteiger partial charge in [-0.3, -0.25) is 9.59 Å². The van der Waals surface area contributed by atoms with Crippen molar-refractivity contribution in [2.24, 2.45) is 0 Å². The summed E-state index contributed by atoms with van der Waals surface area (Å²) in [5, 5.41) is 8.97. The van der Waals surface area contributed by atoms with Gasteiger partial charge in [0.2, 0.25) is 0 Å². The van der Waals surface area contributed by atoms with Gasteiger partial charge in [-0.1, -0.05) is 6.92 Å². The third kappa shape index (κ3) is 3.53. The number of fused-ring (bicyclic) bond motifs is 1. The Balaban J connectivity index is 2.10. The van der Waals surface area contributed by atoms with Crippen LogP contribution in [-0.2, 0) is 12.6 Å². The van der Waals surface area contributed by atoms with Gasteiger partial charge in [0.15, 0.2) is 17.3 Å². The summed E-state index contributed by atoms with van der Waals surface area (Å²) < 4.78 is 66.5. The van der Waals surface area contributed by atoms with Crippen LogP contribution in [-0.4, -0.2) is 16.6 Å². The molecule has 2 aromatic rings. The van der Waals surface area contributed by atoms with Crippen LogP contribution >= 0.6 is 0 Å². The van der Waals surface area contributed by atoms with E-state index in [0.29, 0.717) is 12.1 Å². The van der Waals surface area contributed by atoms with Crippen molar-refractivity contribution in [2.75, 3.05) is 0 Å². The topological polar surface area (TPSA) is 70.8 Å². The van der Waals surface area contributed by atoms with Crippen LogP contribution in [0.25, 0.3) is 0 Å². The number of allylic oxidation sites excluding steroid dienone is 2. The zero-order valence-electron chi connectivity index (χ0n) is 14.8. The number of carbonyl (C=O) groups is 2. The molecule has 0 amide bonds. The zero-order chi connectivity index (χ0) is 21.5. The molecule has 0 saturated carbocycles. The Labute approximate surface area is 161 Å². The molecule has 0 bridgehead atoms. The van der Waals surface area contributed by atoms with Crippen LogP contribution in [0.2, 0.25) is 0 Å². The minimum atomic E-state index is -4.78. The van der Waals surface area contributed by atoms with Crippen LogP contribution in [0.15, 0.2) is 35.4 Å². The maximum absolute atomic E-state index is 14.2. The highest BCUT2D eigenvalue weighted by Gasteiger charge is 2.36. The first kappa shape index (κ1) is 20.3. The van der Waals surface area contributed by atoms with Gasteiger partial charge in [0.25, 0.3) is 0 Å². The molecule has 148 valence electrons. The molecule has 0 saturated heterocycles. The summed E-state index contributed by atoms with van der Waals surface area (Å²) in [6.45, 7) is 1.56. The standard InChI is InChI=1S/C20H11F5N2O2/c1-2-11-12(7-10-3-4-14(20(23,24)25)16(8-26)27-10)19(29)17-13(18(11)28)5-9(21)6-15(17)22/h3-6H,2,7H2,1H3. The third-order valence-corrected chi connectivity index (χ3v) is 4.51. The summed E-state index contributed by atoms with van der Waals surface area (Å²) in [4.78, 5) is 29.1. The second-order valence-corrected chi connectivity index (χ2v) is 6.26. The number of alkyl halides is 3. The van der Waals surface area contributed by atoms with Crippen LogP contribution < -0.4 is 0 Å². The summed E-state index contributed by atoms with van der Waals surface area (Å²) in [5.74, 6) is -3.81. The smallest absolute Gasteiger partial charge is 0.289 e. The van der Waals surface area contributed by atoms with Crippen molar-refractivity contribution in [1.82, 2.24) is 4.98 Å². The first-order chi connectivity index (χ1) is 13.6. The predicted octanol–water partition coefficient (Wildman–Crippen LogP) is 4.58. The van der Waals surface area contributed by atoms with Crippen LogP contribution in [0.1, 0.15) is 51.0 Å². The molecule has 1 heterocycles. The molecule has 0 aliphatic heterocycles. The molecule has 0 fully saturated rings. The lowest BCUT2D eigenvalue weighted by molar-refractivity contribution is -0.138. The summed E-state index contributed by atoms with van der Waals surface area (Å²) in [6, 6.07) is 4.25. The highest BCUT2D eigenvalue weighted by Crippen LogP contribution is 2.34. The molecule has 1 aliphatic rings. The van der Waals surface area contributed by atoms with Gasteiger partial charge in [0, 0.05) is 34.9 Å². The number of hydrogen-bond donors (Lipinski definition) is 0. The van der Waals surface area contributed by atoms with Gasteiger partial charge in [-0.2, -0.15) is 18.4 Å². The van der Waals surface area contributed by atoms with Crippen molar-refractivity contribution in [2.45, 2.75) is 25.9 Å². The highest BCUT2D eigenvalue weighted by molar-refractivity contribution is 6.27. The maximum atomic E-state index is 14.2. The zero-order valence-corrected chi connectivity index (χ0v) is 14.8. The first-order valence-electron chi connectivity index (χ1n) is 8.36. The van der Waals surface area contributed by atoms with E-state index in [0.717, 1.165) is 12.1 Å². The van der Waals surface area contributed by atoms with Gasteiger partial charge in [-0.15, -0.1) is 0 Å². The van der Waals surface area contributed by atoms with Crippen molar-refractivity contribution in [3.05, 3.63) is 75.1 Å². The van der Waals surface area contributed by atoms with Crippen LogP contribution in [0, 0.1) is 23.0 Å². The molecule has 29 heavy (non-hydrogen) atoms. The normalized spacial score (nSPS) is 14.1. The van der Waals surface area contributed by atoms with Gasteiger partial charge in [0.1, 0.15) is 17.7 Å². The molecule has 0 radical (unpaired) electrons. The van der Waals surface area contributed by atoms with E-state index in [4.69, 9.17) is 5.26 Å². The SMILES string of the molecule is CCC1=C(Cc2ccc(C(F)(F)F)c(C#N)n2)C(=O)c2c(F)cc(F)cc2C1=O. The molecule has 9 heteroatoms. The molecule has 0 spiro atoms. The average molecular weight is 406 g/mol. The minimum Gasteiger partial charge on any atom is -0.289 e. The lowest BCUT2D eigenvalue weighted by Gasteiger charge is -2.21. The van der Waals surface area contributed by atoms with Crippen molar-refractivity contribution in [1.29, 1.82) is 5.26 Å². The largest absolute Gasteiger partial charge is 0.419 e. The fraction of sp³-hybridized carbons (Fsp3) is 0.200. The second kappa shape index (κ2) is 7.20. The Bertz CT molecular complexity index is 1130. The lowest BCUT2D eigenvalue weighted by Crippen LogP contribution is -2.25. The number of halogens is 5. The molecule has 1 aromatic heterocycles. The Morgan fingerprint density at radius 3 is 2.34 bits per heavy atom. The summed E-state index contributed by atoms with van der Waals surface area (Å²) in [6.07, 6.45) is -5.10. The van der Waals surface area contributed by atoms with Crippen molar-refractivity contribution in [3.63, 3.8) is 0 Å². The second-order valence-electron chi connectivity index (χ2n) is 6.26. The van der Waals surface area contributed by atoms with E-state index in [1.807, 2.05) is 0 Å². The van der Waals surface area contributed by atoms with Crippen LogP contribution in [0.3, 0.4) is 0 Å². The molecule has 0 unspecified atom stereocenters. The molecule has 1 aromatic carbocycles. The Hall–Kier alpha value is -3.41. The number of rotatable bonds is 3. The van der Waals surface area contributed by atoms with Crippen molar-refractivity contribution in [3.8, 4) is 6.07 Å². The molecule has 0 N–H and O–H groups in total. The molecule has 4 nitrogen and oxygen atoms in total. The number of aromatic nitrogens is 1. The summed E-state index contributed by atoms with van der Waals surface area (Å²) >= 11 is 0. The Morgan fingerprint density at radius 2 is 1.76 bits per heavy atom.